The number of rotatable bonds is 10. The van der Waals surface area contributed by atoms with E-state index in [-0.39, 0.29) is 4.90 Å². The van der Waals surface area contributed by atoms with Gasteiger partial charge in [-0.1, -0.05) is 17.7 Å². The van der Waals surface area contributed by atoms with Crippen LogP contribution in [0.1, 0.15) is 26.3 Å². The van der Waals surface area contributed by atoms with Crippen LogP contribution in [0.3, 0.4) is 0 Å². The molecule has 0 radical (unpaired) electrons. The van der Waals surface area contributed by atoms with Crippen LogP contribution < -0.4 is 0 Å². The fourth-order valence-corrected chi connectivity index (χ4v) is 4.18. The van der Waals surface area contributed by atoms with E-state index < -0.39 is 77.9 Å². The normalized spacial score (nSPS) is 23.9. The van der Waals surface area contributed by atoms with Crippen LogP contribution in [0.5, 0.6) is 0 Å². The van der Waals surface area contributed by atoms with Gasteiger partial charge in [-0.2, -0.15) is 8.42 Å². The second-order valence-corrected chi connectivity index (χ2v) is 9.32. The van der Waals surface area contributed by atoms with Crippen LogP contribution in [-0.2, 0) is 61.9 Å². The second-order valence-electron chi connectivity index (χ2n) is 7.70. The van der Waals surface area contributed by atoms with Crippen LogP contribution >= 0.6 is 0 Å². The Hall–Kier alpha value is -3.07. The highest BCUT2D eigenvalue weighted by Gasteiger charge is 2.53. The van der Waals surface area contributed by atoms with E-state index in [0.717, 1.165) is 33.4 Å². The zero-order valence-electron chi connectivity index (χ0n) is 20.3. The summed E-state index contributed by atoms with van der Waals surface area (Å²) >= 11 is 0. The molecule has 1 saturated heterocycles. The fourth-order valence-electron chi connectivity index (χ4n) is 3.26. The minimum Gasteiger partial charge on any atom is -0.467 e. The van der Waals surface area contributed by atoms with E-state index in [9.17, 15) is 27.6 Å². The Morgan fingerprint density at radius 1 is 0.861 bits per heavy atom. The summed E-state index contributed by atoms with van der Waals surface area (Å²) in [4.78, 5) is 46.9. The predicted octanol–water partition coefficient (Wildman–Crippen LogP) is 0.410. The lowest BCUT2D eigenvalue weighted by atomic mass is 9.98. The van der Waals surface area contributed by atoms with Crippen molar-refractivity contribution >= 4 is 34.0 Å². The summed E-state index contributed by atoms with van der Waals surface area (Å²) in [6, 6.07) is 5.84. The maximum atomic E-state index is 12.7. The van der Waals surface area contributed by atoms with Crippen molar-refractivity contribution in [3.05, 3.63) is 29.8 Å². The van der Waals surface area contributed by atoms with Crippen molar-refractivity contribution in [2.24, 2.45) is 0 Å². The Labute approximate surface area is 208 Å². The van der Waals surface area contributed by atoms with Gasteiger partial charge in [0.15, 0.2) is 24.6 Å². The SMILES string of the molecule is COC(=O)CO[C@H]1O[C@H](COS(=O)(=O)c2ccc(C)cc2)[C@@H](OC(C)=O)[C@H](OC(C)=O)[C@H]1OC(C)=O. The summed E-state index contributed by atoms with van der Waals surface area (Å²) < 4.78 is 61.8. The van der Waals surface area contributed by atoms with E-state index in [1.165, 1.54) is 12.1 Å². The molecule has 1 heterocycles. The van der Waals surface area contributed by atoms with Crippen molar-refractivity contribution in [2.75, 3.05) is 20.3 Å². The highest BCUT2D eigenvalue weighted by atomic mass is 32.2. The van der Waals surface area contributed by atoms with E-state index in [0.29, 0.717) is 0 Å². The molecule has 0 spiro atoms. The van der Waals surface area contributed by atoms with Gasteiger partial charge in [-0.05, 0) is 19.1 Å². The van der Waals surface area contributed by atoms with Gasteiger partial charge in [0.25, 0.3) is 10.1 Å². The molecule has 0 unspecified atom stereocenters. The van der Waals surface area contributed by atoms with E-state index >= 15 is 0 Å². The summed E-state index contributed by atoms with van der Waals surface area (Å²) in [5.41, 5.74) is 0.825. The molecule has 5 atom stereocenters. The first-order valence-corrected chi connectivity index (χ1v) is 12.1. The molecule has 0 N–H and O–H groups in total. The largest absolute Gasteiger partial charge is 0.467 e. The molecule has 1 aromatic rings. The highest BCUT2D eigenvalue weighted by molar-refractivity contribution is 7.86. The minimum atomic E-state index is -4.28. The summed E-state index contributed by atoms with van der Waals surface area (Å²) in [5.74, 6) is -3.30. The van der Waals surface area contributed by atoms with Gasteiger partial charge in [-0.15, -0.1) is 0 Å². The second kappa shape index (κ2) is 12.8. The lowest BCUT2D eigenvalue weighted by molar-refractivity contribution is -0.305. The van der Waals surface area contributed by atoms with Gasteiger partial charge in [0, 0.05) is 20.8 Å². The minimum absolute atomic E-state index is 0.138. The zero-order valence-corrected chi connectivity index (χ0v) is 21.1. The fraction of sp³-hybridized carbons (Fsp3) is 0.545. The first kappa shape index (κ1) is 29.2. The lowest BCUT2D eigenvalue weighted by Crippen LogP contribution is -2.63. The number of carbonyl (C=O) groups is 4. The standard InChI is InChI=1S/C22H28O13S/c1-12-6-8-16(9-7-12)36(27,28)31-10-17-19(32-13(2)23)20(33-14(3)24)21(34-15(4)25)22(35-17)30-11-18(26)29-5/h6-9,17,19-22H,10-11H2,1-5H3/t17-,19-,20+,21-,22+/m1/s1. The van der Waals surface area contributed by atoms with Crippen LogP contribution in [-0.4, -0.2) is 83.3 Å². The van der Waals surface area contributed by atoms with E-state index in [1.54, 1.807) is 19.1 Å². The van der Waals surface area contributed by atoms with E-state index in [1.807, 2.05) is 0 Å². The number of carbonyl (C=O) groups excluding carboxylic acids is 4. The van der Waals surface area contributed by atoms with E-state index in [2.05, 4.69) is 4.74 Å². The molecule has 14 heteroatoms. The summed E-state index contributed by atoms with van der Waals surface area (Å²) in [6.45, 7) is 3.59. The predicted molar refractivity (Wildman–Crippen MR) is 118 cm³/mol. The third-order valence-corrected chi connectivity index (χ3v) is 6.08. The smallest absolute Gasteiger partial charge is 0.331 e. The average Bonchev–Trinajstić information content (AvgIpc) is 2.78. The average molecular weight is 533 g/mol. The van der Waals surface area contributed by atoms with E-state index in [4.69, 9.17) is 27.9 Å². The molecule has 1 aliphatic rings. The molecule has 0 saturated carbocycles. The summed E-state index contributed by atoms with van der Waals surface area (Å²) in [5, 5.41) is 0. The van der Waals surface area contributed by atoms with Crippen LogP contribution in [0, 0.1) is 6.92 Å². The number of aryl methyl sites for hydroxylation is 1. The quantitative estimate of drug-likeness (QED) is 0.231. The van der Waals surface area contributed by atoms with Crippen LogP contribution in [0.25, 0.3) is 0 Å². The Balaban J connectivity index is 2.40. The topological polar surface area (TPSA) is 167 Å². The molecule has 1 aliphatic heterocycles. The molecule has 0 aliphatic carbocycles. The van der Waals surface area contributed by atoms with Gasteiger partial charge >= 0.3 is 23.9 Å². The molecule has 2 rings (SSSR count). The zero-order chi connectivity index (χ0) is 27.0. The van der Waals surface area contributed by atoms with Crippen molar-refractivity contribution < 1.29 is 60.2 Å². The van der Waals surface area contributed by atoms with Crippen molar-refractivity contribution in [1.82, 2.24) is 0 Å². The number of esters is 4. The summed E-state index contributed by atoms with van der Waals surface area (Å²) in [6.07, 6.45) is -7.41. The van der Waals surface area contributed by atoms with Gasteiger partial charge < -0.3 is 28.4 Å². The third kappa shape index (κ3) is 8.26. The van der Waals surface area contributed by atoms with Crippen molar-refractivity contribution in [3.63, 3.8) is 0 Å². The molecule has 0 amide bonds. The van der Waals surface area contributed by atoms with Crippen molar-refractivity contribution in [3.8, 4) is 0 Å². The monoisotopic (exact) mass is 532 g/mol. The lowest BCUT2D eigenvalue weighted by Gasteiger charge is -2.43. The number of hydrogen-bond donors (Lipinski definition) is 0. The third-order valence-electron chi connectivity index (χ3n) is 4.79. The van der Waals surface area contributed by atoms with Gasteiger partial charge in [0.2, 0.25) is 0 Å². The molecule has 0 bridgehead atoms. The molecule has 13 nitrogen and oxygen atoms in total. The maximum absolute atomic E-state index is 12.7. The Kier molecular flexibility index (Phi) is 10.3. The van der Waals surface area contributed by atoms with Crippen LogP contribution in [0.4, 0.5) is 0 Å². The Morgan fingerprint density at radius 3 is 1.92 bits per heavy atom. The molecule has 36 heavy (non-hydrogen) atoms. The Morgan fingerprint density at radius 2 is 1.39 bits per heavy atom. The first-order chi connectivity index (χ1) is 16.8. The number of ether oxygens (including phenoxy) is 6. The highest BCUT2D eigenvalue weighted by Crippen LogP contribution is 2.30. The van der Waals surface area contributed by atoms with Crippen molar-refractivity contribution in [2.45, 2.75) is 63.3 Å². The van der Waals surface area contributed by atoms with Crippen LogP contribution in [0.15, 0.2) is 29.2 Å². The maximum Gasteiger partial charge on any atom is 0.331 e. The van der Waals surface area contributed by atoms with Gasteiger partial charge in [0.05, 0.1) is 18.6 Å². The first-order valence-electron chi connectivity index (χ1n) is 10.7. The number of methoxy groups -OCH3 is 1. The van der Waals surface area contributed by atoms with Gasteiger partial charge in [-0.3, -0.25) is 18.6 Å². The molecule has 0 aromatic heterocycles. The summed E-state index contributed by atoms with van der Waals surface area (Å²) in [7, 11) is -3.16. The Bertz CT molecular complexity index is 1050. The molecule has 1 fully saturated rings. The van der Waals surface area contributed by atoms with Gasteiger partial charge in [0.1, 0.15) is 12.7 Å². The van der Waals surface area contributed by atoms with Crippen molar-refractivity contribution in [1.29, 1.82) is 0 Å². The molecule has 200 valence electrons. The van der Waals surface area contributed by atoms with Crippen LogP contribution in [0.2, 0.25) is 0 Å². The number of benzene rings is 1. The molecule has 1 aromatic carbocycles. The molecular weight excluding hydrogens is 504 g/mol. The molecular formula is C22H28O13S. The number of hydrogen-bond acceptors (Lipinski definition) is 13. The van der Waals surface area contributed by atoms with Gasteiger partial charge in [-0.25, -0.2) is 4.79 Å².